The number of hydrogen-bond acceptors (Lipinski definition) is 3. The highest BCUT2D eigenvalue weighted by Gasteiger charge is 2.20. The van der Waals surface area contributed by atoms with E-state index in [1.807, 2.05) is 28.9 Å². The van der Waals surface area contributed by atoms with Gasteiger partial charge < -0.3 is 4.57 Å². The second-order valence-electron chi connectivity index (χ2n) is 11.5. The average Bonchev–Trinajstić information content (AvgIpc) is 3.63. The molecule has 0 bridgehead atoms. The zero-order valence-corrected chi connectivity index (χ0v) is 24.3. The normalized spacial score (nSPS) is 12.2. The van der Waals surface area contributed by atoms with E-state index in [9.17, 15) is 0 Å². The van der Waals surface area contributed by atoms with E-state index in [4.69, 9.17) is 4.98 Å². The monoisotopic (exact) mass is 542 g/mol. The summed E-state index contributed by atoms with van der Waals surface area (Å²) in [5, 5.41) is 3.83. The Kier molecular flexibility index (Phi) is 5.73. The lowest BCUT2D eigenvalue weighted by Gasteiger charge is -2.16. The number of aromatic nitrogens is 2. The first-order valence-electron chi connectivity index (χ1n) is 13.4. The van der Waals surface area contributed by atoms with E-state index in [1.165, 1.54) is 63.3 Å². The first kappa shape index (κ1) is 24.3. The molecule has 0 amide bonds. The van der Waals surface area contributed by atoms with Gasteiger partial charge in [-0.1, -0.05) is 57.2 Å². The van der Waals surface area contributed by atoms with Gasteiger partial charge in [0, 0.05) is 52.9 Å². The quantitative estimate of drug-likeness (QED) is 0.216. The zero-order valence-electron chi connectivity index (χ0n) is 22.7. The molecule has 4 heteroatoms. The van der Waals surface area contributed by atoms with Gasteiger partial charge in [-0.3, -0.25) is 4.98 Å². The highest BCUT2D eigenvalue weighted by molar-refractivity contribution is 7.19. The van der Waals surface area contributed by atoms with E-state index in [0.717, 1.165) is 12.1 Å². The van der Waals surface area contributed by atoms with Crippen molar-refractivity contribution in [2.24, 2.45) is 5.41 Å². The Bertz CT molecular complexity index is 1980. The maximum atomic E-state index is 4.92. The van der Waals surface area contributed by atoms with Gasteiger partial charge in [0.15, 0.2) is 0 Å². The van der Waals surface area contributed by atoms with Gasteiger partial charge in [0.2, 0.25) is 0 Å². The van der Waals surface area contributed by atoms with Crippen LogP contribution in [-0.2, 0) is 6.42 Å². The first-order valence-corrected chi connectivity index (χ1v) is 15.1. The number of benzene rings is 3. The topological polar surface area (TPSA) is 17.8 Å². The molecule has 0 saturated carbocycles. The van der Waals surface area contributed by atoms with Crippen LogP contribution >= 0.6 is 22.7 Å². The van der Waals surface area contributed by atoms with Crippen LogP contribution in [0.25, 0.3) is 59.3 Å². The van der Waals surface area contributed by atoms with Crippen molar-refractivity contribution in [2.75, 3.05) is 0 Å². The van der Waals surface area contributed by atoms with Crippen molar-refractivity contribution in [3.8, 4) is 27.4 Å². The lowest BCUT2D eigenvalue weighted by Crippen LogP contribution is -2.07. The predicted octanol–water partition coefficient (Wildman–Crippen LogP) is 10.7. The maximum Gasteiger partial charge on any atom is 0.0723 e. The van der Waals surface area contributed by atoms with E-state index < -0.39 is 0 Å². The van der Waals surface area contributed by atoms with Crippen LogP contribution in [0.5, 0.6) is 0 Å². The predicted molar refractivity (Wildman–Crippen MR) is 171 cm³/mol. The third kappa shape index (κ3) is 4.28. The van der Waals surface area contributed by atoms with E-state index in [-0.39, 0.29) is 5.41 Å². The van der Waals surface area contributed by atoms with Crippen molar-refractivity contribution in [1.82, 2.24) is 9.55 Å². The highest BCUT2D eigenvalue weighted by Crippen LogP contribution is 2.44. The fourth-order valence-corrected chi connectivity index (χ4v) is 8.04. The molecule has 0 fully saturated rings. The summed E-state index contributed by atoms with van der Waals surface area (Å²) in [6, 6.07) is 33.2. The Morgan fingerprint density at radius 3 is 2.38 bits per heavy atom. The molecule has 7 aromatic rings. The fourth-order valence-electron chi connectivity index (χ4n) is 5.69. The number of fused-ring (bicyclic) bond motifs is 5. The molecule has 0 radical (unpaired) electrons. The highest BCUT2D eigenvalue weighted by atomic mass is 32.1. The van der Waals surface area contributed by atoms with Crippen molar-refractivity contribution in [3.05, 3.63) is 107 Å². The standard InChI is InChI=1S/C35H30N2S2/c1-22-18-29-33-27(26-12-8-9-13-31(26)37(33)24-10-6-5-7-11-24)20-28(34(29)38-22)30-19-23(16-17-36-30)32-15-14-25(39-32)21-35(2,3)4/h5-20H,21H2,1-4H3. The van der Waals surface area contributed by atoms with Gasteiger partial charge in [-0.05, 0) is 78.9 Å². The maximum absolute atomic E-state index is 4.92. The molecule has 0 unspecified atom stereocenters. The molecule has 4 aromatic heterocycles. The first-order chi connectivity index (χ1) is 18.9. The summed E-state index contributed by atoms with van der Waals surface area (Å²) in [4.78, 5) is 8.96. The number of aryl methyl sites for hydroxylation is 1. The Hall–Kier alpha value is -3.73. The minimum atomic E-state index is 0.280. The van der Waals surface area contributed by atoms with Crippen molar-refractivity contribution in [2.45, 2.75) is 34.1 Å². The number of nitrogens with zero attached hydrogens (tertiary/aromatic N) is 2. The number of pyridine rings is 1. The third-order valence-corrected chi connectivity index (χ3v) is 9.48. The Morgan fingerprint density at radius 1 is 0.769 bits per heavy atom. The van der Waals surface area contributed by atoms with E-state index in [1.54, 1.807) is 0 Å². The fraction of sp³-hybridized carbons (Fsp3) is 0.171. The van der Waals surface area contributed by atoms with Crippen molar-refractivity contribution in [3.63, 3.8) is 0 Å². The molecule has 3 aromatic carbocycles. The molecule has 0 aliphatic rings. The third-order valence-electron chi connectivity index (χ3n) is 7.26. The van der Waals surface area contributed by atoms with Gasteiger partial charge in [0.1, 0.15) is 0 Å². The summed E-state index contributed by atoms with van der Waals surface area (Å²) in [6.07, 6.45) is 3.06. The van der Waals surface area contributed by atoms with Crippen LogP contribution < -0.4 is 0 Å². The second-order valence-corrected chi connectivity index (χ2v) is 14.0. The molecule has 0 atom stereocenters. The molecular formula is C35H30N2S2. The van der Waals surface area contributed by atoms with Crippen LogP contribution in [0.1, 0.15) is 30.5 Å². The van der Waals surface area contributed by atoms with Gasteiger partial charge in [-0.15, -0.1) is 22.7 Å². The largest absolute Gasteiger partial charge is 0.309 e. The number of para-hydroxylation sites is 2. The molecule has 0 aliphatic heterocycles. The van der Waals surface area contributed by atoms with Crippen LogP contribution in [0.4, 0.5) is 0 Å². The van der Waals surface area contributed by atoms with Gasteiger partial charge >= 0.3 is 0 Å². The molecule has 2 nitrogen and oxygen atoms in total. The molecule has 192 valence electrons. The summed E-state index contributed by atoms with van der Waals surface area (Å²) >= 11 is 3.76. The Balaban J connectivity index is 1.46. The molecule has 0 N–H and O–H groups in total. The number of hydrogen-bond donors (Lipinski definition) is 0. The van der Waals surface area contributed by atoms with Crippen molar-refractivity contribution >= 4 is 54.6 Å². The Morgan fingerprint density at radius 2 is 1.56 bits per heavy atom. The van der Waals surface area contributed by atoms with Crippen LogP contribution in [0.3, 0.4) is 0 Å². The minimum Gasteiger partial charge on any atom is -0.309 e. The summed E-state index contributed by atoms with van der Waals surface area (Å²) in [5.41, 5.74) is 7.44. The smallest absolute Gasteiger partial charge is 0.0723 e. The summed E-state index contributed by atoms with van der Waals surface area (Å²) in [7, 11) is 0. The van der Waals surface area contributed by atoms with E-state index in [2.05, 4.69) is 123 Å². The average molecular weight is 543 g/mol. The number of thiophene rings is 2. The molecule has 0 saturated heterocycles. The van der Waals surface area contributed by atoms with Crippen LogP contribution in [-0.4, -0.2) is 9.55 Å². The number of rotatable bonds is 4. The summed E-state index contributed by atoms with van der Waals surface area (Å²) in [5.74, 6) is 0. The second kappa shape index (κ2) is 9.18. The van der Waals surface area contributed by atoms with E-state index >= 15 is 0 Å². The lowest BCUT2D eigenvalue weighted by molar-refractivity contribution is 0.414. The van der Waals surface area contributed by atoms with Gasteiger partial charge in [0.05, 0.1) is 16.7 Å². The van der Waals surface area contributed by atoms with E-state index in [0.29, 0.717) is 0 Å². The van der Waals surface area contributed by atoms with Crippen molar-refractivity contribution < 1.29 is 0 Å². The molecular weight excluding hydrogens is 513 g/mol. The summed E-state index contributed by atoms with van der Waals surface area (Å²) < 4.78 is 3.72. The van der Waals surface area contributed by atoms with Gasteiger partial charge in [-0.25, -0.2) is 0 Å². The molecule has 0 spiro atoms. The minimum absolute atomic E-state index is 0.280. The summed E-state index contributed by atoms with van der Waals surface area (Å²) in [6.45, 7) is 9.12. The van der Waals surface area contributed by atoms with Gasteiger partial charge in [0.25, 0.3) is 0 Å². The molecule has 0 aliphatic carbocycles. The zero-order chi connectivity index (χ0) is 26.7. The molecule has 4 heterocycles. The van der Waals surface area contributed by atoms with Crippen molar-refractivity contribution in [1.29, 1.82) is 0 Å². The van der Waals surface area contributed by atoms with Gasteiger partial charge in [-0.2, -0.15) is 0 Å². The van der Waals surface area contributed by atoms with Crippen LogP contribution in [0.2, 0.25) is 0 Å². The SMILES string of the molecule is Cc1cc2c(s1)c(-c1cc(-c3ccc(CC(C)(C)C)s3)ccn1)cc1c3ccccc3n(-c3ccccc3)c21. The molecule has 7 rings (SSSR count). The van der Waals surface area contributed by atoms with Crippen LogP contribution in [0, 0.1) is 12.3 Å². The lowest BCUT2D eigenvalue weighted by atomic mass is 9.92. The molecule has 39 heavy (non-hydrogen) atoms. The Labute approximate surface area is 237 Å². The van der Waals surface area contributed by atoms with Crippen LogP contribution in [0.15, 0.2) is 97.2 Å².